The molecule has 1 heteroatoms. The standard InChI is InChI=1S/C12H16S/c1-5-11(4)13-12-8-9(2)6-7-10(12)3/h5-8,11H,1H2,2-4H3. The Morgan fingerprint density at radius 1 is 1.38 bits per heavy atom. The molecule has 0 nitrogen and oxygen atoms in total. The Morgan fingerprint density at radius 2 is 2.08 bits per heavy atom. The zero-order chi connectivity index (χ0) is 9.84. The van der Waals surface area contributed by atoms with E-state index in [1.807, 2.05) is 17.8 Å². The Kier molecular flexibility index (Phi) is 3.61. The fraction of sp³-hybridized carbons (Fsp3) is 0.333. The molecule has 0 saturated heterocycles. The Labute approximate surface area is 85.1 Å². The van der Waals surface area contributed by atoms with Crippen LogP contribution in [0.2, 0.25) is 0 Å². The first kappa shape index (κ1) is 10.4. The van der Waals surface area contributed by atoms with E-state index >= 15 is 0 Å². The Bertz CT molecular complexity index is 302. The molecule has 0 fully saturated rings. The second kappa shape index (κ2) is 4.52. The first-order chi connectivity index (χ1) is 6.13. The average molecular weight is 192 g/mol. The lowest BCUT2D eigenvalue weighted by Crippen LogP contribution is -1.90. The molecule has 0 heterocycles. The molecule has 0 saturated carbocycles. The first-order valence-electron chi connectivity index (χ1n) is 4.50. The van der Waals surface area contributed by atoms with Crippen molar-refractivity contribution in [3.8, 4) is 0 Å². The van der Waals surface area contributed by atoms with Crippen molar-refractivity contribution in [3.63, 3.8) is 0 Å². The predicted molar refractivity (Wildman–Crippen MR) is 61.4 cm³/mol. The minimum absolute atomic E-state index is 0.487. The highest BCUT2D eigenvalue weighted by molar-refractivity contribution is 8.00. The van der Waals surface area contributed by atoms with Gasteiger partial charge in [-0.3, -0.25) is 0 Å². The van der Waals surface area contributed by atoms with Gasteiger partial charge in [-0.1, -0.05) is 23.8 Å². The zero-order valence-corrected chi connectivity index (χ0v) is 9.32. The van der Waals surface area contributed by atoms with Crippen LogP contribution in [-0.2, 0) is 0 Å². The minimum atomic E-state index is 0.487. The third-order valence-corrected chi connectivity index (χ3v) is 3.25. The van der Waals surface area contributed by atoms with Crippen molar-refractivity contribution in [2.24, 2.45) is 0 Å². The molecule has 1 aromatic carbocycles. The van der Waals surface area contributed by atoms with Gasteiger partial charge in [0.05, 0.1) is 0 Å². The molecule has 0 aliphatic rings. The van der Waals surface area contributed by atoms with Gasteiger partial charge in [-0.2, -0.15) is 0 Å². The molecule has 1 aromatic rings. The van der Waals surface area contributed by atoms with Crippen molar-refractivity contribution in [1.82, 2.24) is 0 Å². The Morgan fingerprint density at radius 3 is 2.69 bits per heavy atom. The molecule has 13 heavy (non-hydrogen) atoms. The highest BCUT2D eigenvalue weighted by Gasteiger charge is 2.02. The van der Waals surface area contributed by atoms with Gasteiger partial charge in [-0.25, -0.2) is 0 Å². The summed E-state index contributed by atoms with van der Waals surface area (Å²) in [6, 6.07) is 6.56. The quantitative estimate of drug-likeness (QED) is 0.516. The van der Waals surface area contributed by atoms with Crippen molar-refractivity contribution in [3.05, 3.63) is 42.0 Å². The fourth-order valence-electron chi connectivity index (χ4n) is 1.08. The van der Waals surface area contributed by atoms with Gasteiger partial charge in [0.15, 0.2) is 0 Å². The summed E-state index contributed by atoms with van der Waals surface area (Å²) in [6.45, 7) is 10.2. The Hall–Kier alpha value is -0.690. The molecule has 0 bridgehead atoms. The molecule has 1 atom stereocenters. The van der Waals surface area contributed by atoms with E-state index < -0.39 is 0 Å². The van der Waals surface area contributed by atoms with Crippen LogP contribution >= 0.6 is 11.8 Å². The van der Waals surface area contributed by atoms with E-state index in [0.717, 1.165) is 0 Å². The van der Waals surface area contributed by atoms with Crippen molar-refractivity contribution in [1.29, 1.82) is 0 Å². The van der Waals surface area contributed by atoms with Crippen molar-refractivity contribution in [2.45, 2.75) is 30.9 Å². The van der Waals surface area contributed by atoms with Crippen molar-refractivity contribution < 1.29 is 0 Å². The van der Waals surface area contributed by atoms with Crippen LogP contribution in [0.25, 0.3) is 0 Å². The molecule has 0 aromatic heterocycles. The van der Waals surface area contributed by atoms with Crippen molar-refractivity contribution in [2.75, 3.05) is 0 Å². The molecule has 0 amide bonds. The normalized spacial score (nSPS) is 12.5. The maximum absolute atomic E-state index is 3.79. The van der Waals surface area contributed by atoms with Gasteiger partial charge >= 0.3 is 0 Å². The molecule has 0 N–H and O–H groups in total. The number of aryl methyl sites for hydroxylation is 2. The zero-order valence-electron chi connectivity index (χ0n) is 8.50. The minimum Gasteiger partial charge on any atom is -0.119 e. The summed E-state index contributed by atoms with van der Waals surface area (Å²) in [5.74, 6) is 0. The summed E-state index contributed by atoms with van der Waals surface area (Å²) in [6.07, 6.45) is 1.98. The van der Waals surface area contributed by atoms with Gasteiger partial charge in [0.2, 0.25) is 0 Å². The van der Waals surface area contributed by atoms with Crippen LogP contribution in [0.15, 0.2) is 35.7 Å². The van der Waals surface area contributed by atoms with Crippen LogP contribution < -0.4 is 0 Å². The largest absolute Gasteiger partial charge is 0.119 e. The summed E-state index contributed by atoms with van der Waals surface area (Å²) in [4.78, 5) is 1.37. The van der Waals surface area contributed by atoms with E-state index in [0.29, 0.717) is 5.25 Å². The molecule has 0 aliphatic heterocycles. The third kappa shape index (κ3) is 2.92. The van der Waals surface area contributed by atoms with E-state index in [-0.39, 0.29) is 0 Å². The number of rotatable bonds is 3. The molecule has 0 radical (unpaired) electrons. The van der Waals surface area contributed by atoms with Gasteiger partial charge in [0.1, 0.15) is 0 Å². The summed E-state index contributed by atoms with van der Waals surface area (Å²) < 4.78 is 0. The topological polar surface area (TPSA) is 0 Å². The molecular formula is C12H16S. The monoisotopic (exact) mass is 192 g/mol. The van der Waals surface area contributed by atoms with Gasteiger partial charge in [-0.15, -0.1) is 18.3 Å². The summed E-state index contributed by atoms with van der Waals surface area (Å²) in [5.41, 5.74) is 2.67. The SMILES string of the molecule is C=CC(C)Sc1cc(C)ccc1C. The predicted octanol–water partition coefficient (Wildman–Crippen LogP) is 3.97. The summed E-state index contributed by atoms with van der Waals surface area (Å²) >= 11 is 1.87. The highest BCUT2D eigenvalue weighted by Crippen LogP contribution is 2.27. The maximum atomic E-state index is 3.79. The molecule has 1 unspecified atom stereocenters. The lowest BCUT2D eigenvalue weighted by molar-refractivity contribution is 1.21. The van der Waals surface area contributed by atoms with Gasteiger partial charge in [0.25, 0.3) is 0 Å². The third-order valence-electron chi connectivity index (χ3n) is 1.99. The van der Waals surface area contributed by atoms with E-state index in [2.05, 4.69) is 45.5 Å². The van der Waals surface area contributed by atoms with Crippen LogP contribution in [0.4, 0.5) is 0 Å². The lowest BCUT2D eigenvalue weighted by atomic mass is 10.2. The second-order valence-corrected chi connectivity index (χ2v) is 4.75. The first-order valence-corrected chi connectivity index (χ1v) is 5.38. The van der Waals surface area contributed by atoms with Crippen LogP contribution in [0, 0.1) is 13.8 Å². The molecule has 0 aliphatic carbocycles. The number of thioether (sulfide) groups is 1. The van der Waals surface area contributed by atoms with E-state index in [1.165, 1.54) is 16.0 Å². The fourth-order valence-corrected chi connectivity index (χ4v) is 2.09. The highest BCUT2D eigenvalue weighted by atomic mass is 32.2. The number of hydrogen-bond acceptors (Lipinski definition) is 1. The smallest absolute Gasteiger partial charge is 0.0243 e. The van der Waals surface area contributed by atoms with Crippen LogP contribution in [0.5, 0.6) is 0 Å². The summed E-state index contributed by atoms with van der Waals surface area (Å²) in [5, 5.41) is 0.487. The van der Waals surface area contributed by atoms with Crippen molar-refractivity contribution >= 4 is 11.8 Å². The maximum Gasteiger partial charge on any atom is 0.0243 e. The van der Waals surface area contributed by atoms with E-state index in [9.17, 15) is 0 Å². The number of hydrogen-bond donors (Lipinski definition) is 0. The molecule has 70 valence electrons. The lowest BCUT2D eigenvalue weighted by Gasteiger charge is -2.09. The van der Waals surface area contributed by atoms with E-state index in [1.54, 1.807) is 0 Å². The average Bonchev–Trinajstić information content (AvgIpc) is 2.11. The van der Waals surface area contributed by atoms with Crippen LogP contribution in [0.1, 0.15) is 18.1 Å². The van der Waals surface area contributed by atoms with Crippen LogP contribution in [-0.4, -0.2) is 5.25 Å². The van der Waals surface area contributed by atoms with Gasteiger partial charge < -0.3 is 0 Å². The van der Waals surface area contributed by atoms with Crippen LogP contribution in [0.3, 0.4) is 0 Å². The molecular weight excluding hydrogens is 176 g/mol. The van der Waals surface area contributed by atoms with E-state index in [4.69, 9.17) is 0 Å². The molecule has 0 spiro atoms. The second-order valence-electron chi connectivity index (χ2n) is 3.33. The Balaban J connectivity index is 2.86. The number of benzene rings is 1. The molecule has 1 rings (SSSR count). The van der Waals surface area contributed by atoms with Gasteiger partial charge in [0, 0.05) is 10.1 Å². The van der Waals surface area contributed by atoms with Gasteiger partial charge in [-0.05, 0) is 32.4 Å². The summed E-state index contributed by atoms with van der Waals surface area (Å²) in [7, 11) is 0.